The van der Waals surface area contributed by atoms with Gasteiger partial charge in [0.05, 0.1) is 17.4 Å². The van der Waals surface area contributed by atoms with Crippen LogP contribution in [-0.4, -0.2) is 47.7 Å². The van der Waals surface area contributed by atoms with E-state index in [1.54, 1.807) is 14.0 Å². The summed E-state index contributed by atoms with van der Waals surface area (Å²) in [6.07, 6.45) is 1.05. The Labute approximate surface area is 109 Å². The highest BCUT2D eigenvalue weighted by atomic mass is 32.2. The number of ketones is 2. The summed E-state index contributed by atoms with van der Waals surface area (Å²) in [5.41, 5.74) is 0. The quantitative estimate of drug-likeness (QED) is 0.561. The van der Waals surface area contributed by atoms with Crippen molar-refractivity contribution in [1.29, 1.82) is 5.41 Å². The molecule has 0 spiro atoms. The Morgan fingerprint density at radius 2 is 2.17 bits per heavy atom. The number of amidine groups is 1. The normalized spacial score (nSPS) is 14.8. The van der Waals surface area contributed by atoms with E-state index in [1.165, 1.54) is 11.0 Å². The first-order chi connectivity index (χ1) is 8.45. The van der Waals surface area contributed by atoms with Gasteiger partial charge in [0.15, 0.2) is 11.6 Å². The molecule has 1 aliphatic rings. The number of nitrogens with zero attached hydrogens (tertiary/aromatic N) is 1. The van der Waals surface area contributed by atoms with Gasteiger partial charge < -0.3 is 9.64 Å². The number of hydrogen-bond acceptors (Lipinski definition) is 6. The second kappa shape index (κ2) is 6.34. The molecule has 0 unspecified atom stereocenters. The van der Waals surface area contributed by atoms with Crippen LogP contribution in [0.1, 0.15) is 13.3 Å². The van der Waals surface area contributed by atoms with E-state index in [4.69, 9.17) is 5.41 Å². The van der Waals surface area contributed by atoms with Crippen molar-refractivity contribution in [3.8, 4) is 0 Å². The summed E-state index contributed by atoms with van der Waals surface area (Å²) in [5, 5.41) is 7.94. The maximum atomic E-state index is 11.4. The molecule has 0 fully saturated rings. The number of esters is 1. The third kappa shape index (κ3) is 3.69. The van der Waals surface area contributed by atoms with Gasteiger partial charge in [0.2, 0.25) is 5.78 Å². The minimum absolute atomic E-state index is 0.0789. The van der Waals surface area contributed by atoms with Gasteiger partial charge in [0, 0.05) is 13.1 Å². The van der Waals surface area contributed by atoms with E-state index in [-0.39, 0.29) is 36.2 Å². The van der Waals surface area contributed by atoms with Crippen molar-refractivity contribution in [3.63, 3.8) is 0 Å². The third-order valence-electron chi connectivity index (χ3n) is 2.18. The van der Waals surface area contributed by atoms with Crippen LogP contribution in [0, 0.1) is 5.41 Å². The van der Waals surface area contributed by atoms with Crippen molar-refractivity contribution in [3.05, 3.63) is 11.1 Å². The number of carbonyl (C=O) groups excluding carboxylic acids is 3. The third-order valence-corrected chi connectivity index (χ3v) is 3.34. The summed E-state index contributed by atoms with van der Waals surface area (Å²) in [5.74, 6) is -1.22. The molecular weight excluding hydrogens is 256 g/mol. The van der Waals surface area contributed by atoms with Crippen LogP contribution in [0.4, 0.5) is 0 Å². The molecule has 0 atom stereocenters. The van der Waals surface area contributed by atoms with Crippen LogP contribution < -0.4 is 0 Å². The molecule has 0 saturated heterocycles. The smallest absolute Gasteiger partial charge is 0.313 e. The molecule has 18 heavy (non-hydrogen) atoms. The molecule has 0 aromatic carbocycles. The standard InChI is InChI=1S/C11H14N2O4S/c1-3-17-10(16)4-7(14)6-18-9-5-8(15)11(12)13(9)2/h5,12H,3-4,6H2,1-2H3. The van der Waals surface area contributed by atoms with Gasteiger partial charge in [0.25, 0.3) is 0 Å². The fraction of sp³-hybridized carbons (Fsp3) is 0.455. The Balaban J connectivity index is 2.40. The first-order valence-electron chi connectivity index (χ1n) is 5.34. The van der Waals surface area contributed by atoms with Crippen LogP contribution in [0.5, 0.6) is 0 Å². The van der Waals surface area contributed by atoms with Gasteiger partial charge in [-0.15, -0.1) is 11.8 Å². The second-order valence-corrected chi connectivity index (χ2v) is 4.56. The largest absolute Gasteiger partial charge is 0.466 e. The molecule has 7 heteroatoms. The second-order valence-electron chi connectivity index (χ2n) is 3.56. The van der Waals surface area contributed by atoms with E-state index in [2.05, 4.69) is 4.74 Å². The Kier molecular flexibility index (Phi) is 5.08. The lowest BCUT2D eigenvalue weighted by Gasteiger charge is -2.13. The molecule has 1 rings (SSSR count). The van der Waals surface area contributed by atoms with Crippen molar-refractivity contribution in [1.82, 2.24) is 4.90 Å². The molecule has 6 nitrogen and oxygen atoms in total. The number of thioether (sulfide) groups is 1. The van der Waals surface area contributed by atoms with E-state index >= 15 is 0 Å². The maximum absolute atomic E-state index is 11.4. The monoisotopic (exact) mass is 270 g/mol. The van der Waals surface area contributed by atoms with Crippen LogP contribution in [-0.2, 0) is 19.1 Å². The number of rotatable bonds is 6. The van der Waals surface area contributed by atoms with Gasteiger partial charge >= 0.3 is 5.97 Å². The lowest BCUT2D eigenvalue weighted by atomic mass is 10.3. The van der Waals surface area contributed by atoms with Crippen LogP contribution in [0.3, 0.4) is 0 Å². The molecule has 0 radical (unpaired) electrons. The number of carbonyl (C=O) groups is 3. The minimum atomic E-state index is -0.541. The molecule has 0 aliphatic carbocycles. The van der Waals surface area contributed by atoms with Gasteiger partial charge in [-0.05, 0) is 6.92 Å². The summed E-state index contributed by atoms with van der Waals surface area (Å²) in [6.45, 7) is 1.92. The predicted octanol–water partition coefficient (Wildman–Crippen LogP) is 0.575. The molecule has 0 amide bonds. The summed E-state index contributed by atoms with van der Waals surface area (Å²) in [7, 11) is 1.59. The van der Waals surface area contributed by atoms with E-state index in [0.29, 0.717) is 5.03 Å². The van der Waals surface area contributed by atoms with E-state index in [1.807, 2.05) is 0 Å². The number of hydrogen-bond donors (Lipinski definition) is 1. The van der Waals surface area contributed by atoms with Crippen molar-refractivity contribution < 1.29 is 19.1 Å². The van der Waals surface area contributed by atoms with Crippen molar-refractivity contribution in [2.24, 2.45) is 0 Å². The minimum Gasteiger partial charge on any atom is -0.466 e. The number of nitrogens with one attached hydrogen (secondary N) is 1. The molecule has 1 N–H and O–H groups in total. The number of likely N-dealkylation sites (N-methyl/N-ethyl adjacent to an activating group) is 1. The molecule has 0 bridgehead atoms. The van der Waals surface area contributed by atoms with Gasteiger partial charge in [-0.1, -0.05) is 0 Å². The Bertz CT molecular complexity index is 431. The summed E-state index contributed by atoms with van der Waals surface area (Å²) in [4.78, 5) is 35.1. The zero-order valence-electron chi connectivity index (χ0n) is 10.2. The molecular formula is C11H14N2O4S. The van der Waals surface area contributed by atoms with Crippen LogP contribution in [0.25, 0.3) is 0 Å². The SMILES string of the molecule is CCOC(=O)CC(=O)CSC1=CC(=O)C(=N)N1C. The van der Waals surface area contributed by atoms with Gasteiger partial charge in [-0.2, -0.15) is 0 Å². The number of ether oxygens (including phenoxy) is 1. The molecule has 1 aliphatic heterocycles. The van der Waals surface area contributed by atoms with Crippen molar-refractivity contribution in [2.75, 3.05) is 19.4 Å². The fourth-order valence-corrected chi connectivity index (χ4v) is 2.16. The van der Waals surface area contributed by atoms with Crippen LogP contribution >= 0.6 is 11.8 Å². The average Bonchev–Trinajstić information content (AvgIpc) is 2.54. The van der Waals surface area contributed by atoms with Crippen LogP contribution in [0.2, 0.25) is 0 Å². The average molecular weight is 270 g/mol. The first kappa shape index (κ1) is 14.4. The fourth-order valence-electron chi connectivity index (χ4n) is 1.27. The van der Waals surface area contributed by atoms with E-state index in [9.17, 15) is 14.4 Å². The number of Topliss-reactive ketones (excluding diaryl/α,β-unsaturated/α-hetero) is 1. The predicted molar refractivity (Wildman–Crippen MR) is 67.3 cm³/mol. The summed E-state index contributed by atoms with van der Waals surface area (Å²) in [6, 6.07) is 0. The Hall–Kier alpha value is -1.63. The molecule has 98 valence electrons. The summed E-state index contributed by atoms with van der Waals surface area (Å²) >= 11 is 1.14. The summed E-state index contributed by atoms with van der Waals surface area (Å²) < 4.78 is 4.66. The lowest BCUT2D eigenvalue weighted by Crippen LogP contribution is -2.23. The lowest BCUT2D eigenvalue weighted by molar-refractivity contribution is -0.145. The Morgan fingerprint density at radius 3 is 2.67 bits per heavy atom. The van der Waals surface area contributed by atoms with Crippen molar-refractivity contribution in [2.45, 2.75) is 13.3 Å². The zero-order valence-corrected chi connectivity index (χ0v) is 11.0. The van der Waals surface area contributed by atoms with Gasteiger partial charge in [-0.25, -0.2) is 0 Å². The maximum Gasteiger partial charge on any atom is 0.313 e. The molecule has 0 aromatic rings. The van der Waals surface area contributed by atoms with Crippen molar-refractivity contribution >= 4 is 35.1 Å². The Morgan fingerprint density at radius 1 is 1.50 bits per heavy atom. The molecule has 1 heterocycles. The van der Waals surface area contributed by atoms with Gasteiger partial charge in [0.1, 0.15) is 6.42 Å². The van der Waals surface area contributed by atoms with Crippen LogP contribution in [0.15, 0.2) is 11.1 Å². The van der Waals surface area contributed by atoms with E-state index in [0.717, 1.165) is 11.8 Å². The zero-order chi connectivity index (χ0) is 13.7. The first-order valence-corrected chi connectivity index (χ1v) is 6.32. The highest BCUT2D eigenvalue weighted by molar-refractivity contribution is 8.03. The highest BCUT2D eigenvalue weighted by Crippen LogP contribution is 2.24. The van der Waals surface area contributed by atoms with Gasteiger partial charge in [-0.3, -0.25) is 19.8 Å². The molecule has 0 saturated carbocycles. The van der Waals surface area contributed by atoms with E-state index < -0.39 is 5.97 Å². The topological polar surface area (TPSA) is 87.5 Å². The molecule has 0 aromatic heterocycles. The highest BCUT2D eigenvalue weighted by Gasteiger charge is 2.25.